The van der Waals surface area contributed by atoms with Crippen molar-refractivity contribution in [2.75, 3.05) is 0 Å². The van der Waals surface area contributed by atoms with Gasteiger partial charge in [-0.2, -0.15) is 0 Å². The van der Waals surface area contributed by atoms with Gasteiger partial charge in [-0.1, -0.05) is 0 Å². The maximum Gasteiger partial charge on any atom is 0.287 e. The predicted molar refractivity (Wildman–Crippen MR) is 66.5 cm³/mol. The summed E-state index contributed by atoms with van der Waals surface area (Å²) < 4.78 is 5.02. The molecule has 0 spiro atoms. The zero-order valence-corrected chi connectivity index (χ0v) is 10.9. The maximum atomic E-state index is 11.8. The van der Waals surface area contributed by atoms with E-state index in [0.29, 0.717) is 0 Å². The average molecular weight is 271 g/mol. The van der Waals surface area contributed by atoms with Gasteiger partial charge in [0.25, 0.3) is 5.91 Å². The predicted octanol–water partition coefficient (Wildman–Crippen LogP) is 3.19. The van der Waals surface area contributed by atoms with Crippen molar-refractivity contribution < 1.29 is 9.21 Å². The van der Waals surface area contributed by atoms with Gasteiger partial charge in [0, 0.05) is 11.1 Å². The summed E-state index contributed by atoms with van der Waals surface area (Å²) in [5.74, 6) is -0.0904. The molecule has 0 radical (unpaired) electrons. The zero-order valence-electron chi connectivity index (χ0n) is 9.36. The summed E-state index contributed by atoms with van der Waals surface area (Å²) in [4.78, 5) is 17.1. The third-order valence-corrected chi connectivity index (χ3v) is 3.45. The molecule has 0 aliphatic rings. The van der Waals surface area contributed by atoms with Crippen molar-refractivity contribution in [3.8, 4) is 0 Å². The Labute approximate surface area is 108 Å². The van der Waals surface area contributed by atoms with E-state index in [-0.39, 0.29) is 22.9 Å². The van der Waals surface area contributed by atoms with Crippen molar-refractivity contribution in [1.82, 2.24) is 10.3 Å². The molecule has 0 fully saturated rings. The lowest BCUT2D eigenvalue weighted by molar-refractivity contribution is 0.0912. The molecule has 1 N–H and O–H groups in total. The second-order valence-corrected chi connectivity index (χ2v) is 5.25. The van der Waals surface area contributed by atoms with Gasteiger partial charge in [-0.3, -0.25) is 4.79 Å². The molecule has 4 nitrogen and oxygen atoms in total. The van der Waals surface area contributed by atoms with Gasteiger partial charge in [-0.25, -0.2) is 4.98 Å². The number of carbonyl (C=O) groups excluding carboxylic acids is 1. The fraction of sp³-hybridized carbons (Fsp3) is 0.273. The van der Waals surface area contributed by atoms with Crippen LogP contribution in [0.15, 0.2) is 22.7 Å². The highest BCUT2D eigenvalue weighted by atomic mass is 35.5. The van der Waals surface area contributed by atoms with Crippen molar-refractivity contribution in [1.29, 1.82) is 0 Å². The minimum atomic E-state index is -0.294. The van der Waals surface area contributed by atoms with Gasteiger partial charge in [0.15, 0.2) is 11.0 Å². The number of rotatable bonds is 3. The van der Waals surface area contributed by atoms with E-state index in [2.05, 4.69) is 10.3 Å². The second-order valence-electron chi connectivity index (χ2n) is 3.61. The average Bonchev–Trinajstić information content (AvgIpc) is 2.87. The fourth-order valence-electron chi connectivity index (χ4n) is 1.34. The molecule has 0 aliphatic heterocycles. The smallest absolute Gasteiger partial charge is 0.287 e. The zero-order chi connectivity index (χ0) is 12.4. The SMILES string of the molecule is Cc1cnc(C(C)NC(=O)c2ccc(Cl)o2)s1. The summed E-state index contributed by atoms with van der Waals surface area (Å²) in [7, 11) is 0. The molecular weight excluding hydrogens is 260 g/mol. The van der Waals surface area contributed by atoms with Gasteiger partial charge < -0.3 is 9.73 Å². The third kappa shape index (κ3) is 2.87. The molecule has 0 saturated heterocycles. The number of furan rings is 1. The quantitative estimate of drug-likeness (QED) is 0.932. The number of nitrogens with zero attached hydrogens (tertiary/aromatic N) is 1. The number of aromatic nitrogens is 1. The number of hydrogen-bond donors (Lipinski definition) is 1. The first-order valence-corrected chi connectivity index (χ1v) is 6.24. The Bertz CT molecular complexity index is 535. The minimum Gasteiger partial charge on any atom is -0.440 e. The van der Waals surface area contributed by atoms with Crippen LogP contribution in [0.25, 0.3) is 0 Å². The molecule has 2 aromatic heterocycles. The summed E-state index contributed by atoms with van der Waals surface area (Å²) in [6.45, 7) is 3.85. The molecule has 0 aromatic carbocycles. The Morgan fingerprint density at radius 2 is 2.35 bits per heavy atom. The van der Waals surface area contributed by atoms with Crippen LogP contribution in [0.1, 0.15) is 33.4 Å². The van der Waals surface area contributed by atoms with Crippen LogP contribution in [0.3, 0.4) is 0 Å². The molecule has 0 aliphatic carbocycles. The van der Waals surface area contributed by atoms with Crippen molar-refractivity contribution in [3.63, 3.8) is 0 Å². The monoisotopic (exact) mass is 270 g/mol. The summed E-state index contributed by atoms with van der Waals surface area (Å²) in [5, 5.41) is 3.87. The number of thiazole rings is 1. The van der Waals surface area contributed by atoms with Crippen molar-refractivity contribution in [2.24, 2.45) is 0 Å². The summed E-state index contributed by atoms with van der Waals surface area (Å²) in [5.41, 5.74) is 0. The van der Waals surface area contributed by atoms with E-state index in [4.69, 9.17) is 16.0 Å². The van der Waals surface area contributed by atoms with Crippen LogP contribution in [0.5, 0.6) is 0 Å². The van der Waals surface area contributed by atoms with Crippen molar-refractivity contribution in [3.05, 3.63) is 39.2 Å². The van der Waals surface area contributed by atoms with E-state index >= 15 is 0 Å². The Kier molecular flexibility index (Phi) is 3.49. The van der Waals surface area contributed by atoms with Crippen LogP contribution in [0.2, 0.25) is 5.22 Å². The van der Waals surface area contributed by atoms with E-state index in [1.54, 1.807) is 17.5 Å². The molecule has 17 heavy (non-hydrogen) atoms. The lowest BCUT2D eigenvalue weighted by Gasteiger charge is -2.09. The molecule has 90 valence electrons. The molecule has 0 bridgehead atoms. The molecule has 1 atom stereocenters. The number of halogens is 1. The molecule has 1 amide bonds. The van der Waals surface area contributed by atoms with Gasteiger partial charge >= 0.3 is 0 Å². The summed E-state index contributed by atoms with van der Waals surface area (Å²) in [6, 6.07) is 2.93. The second kappa shape index (κ2) is 4.89. The van der Waals surface area contributed by atoms with Crippen LogP contribution in [0, 0.1) is 6.92 Å². The lowest BCUT2D eigenvalue weighted by Crippen LogP contribution is -2.26. The first kappa shape index (κ1) is 12.1. The number of aryl methyl sites for hydroxylation is 1. The maximum absolute atomic E-state index is 11.8. The minimum absolute atomic E-state index is 0.148. The molecular formula is C11H11ClN2O2S. The van der Waals surface area contributed by atoms with E-state index < -0.39 is 0 Å². The van der Waals surface area contributed by atoms with Crippen LogP contribution >= 0.6 is 22.9 Å². The molecule has 1 unspecified atom stereocenters. The molecule has 6 heteroatoms. The largest absolute Gasteiger partial charge is 0.440 e. The van der Waals surface area contributed by atoms with Gasteiger partial charge in [0.05, 0.1) is 6.04 Å². The van der Waals surface area contributed by atoms with Crippen molar-refractivity contribution in [2.45, 2.75) is 19.9 Å². The van der Waals surface area contributed by atoms with Crippen LogP contribution in [-0.4, -0.2) is 10.9 Å². The van der Waals surface area contributed by atoms with Crippen molar-refractivity contribution >= 4 is 28.8 Å². The van der Waals surface area contributed by atoms with Gasteiger partial charge in [-0.15, -0.1) is 11.3 Å². The highest BCUT2D eigenvalue weighted by Crippen LogP contribution is 2.20. The fourth-order valence-corrected chi connectivity index (χ4v) is 2.26. The molecule has 2 aromatic rings. The molecule has 2 heterocycles. The Morgan fingerprint density at radius 3 is 2.88 bits per heavy atom. The van der Waals surface area contributed by atoms with Crippen LogP contribution in [0.4, 0.5) is 0 Å². The number of nitrogens with one attached hydrogen (secondary N) is 1. The topological polar surface area (TPSA) is 55.1 Å². The Morgan fingerprint density at radius 1 is 1.59 bits per heavy atom. The number of hydrogen-bond acceptors (Lipinski definition) is 4. The van der Waals surface area contributed by atoms with Gasteiger partial charge in [-0.05, 0) is 37.6 Å². The standard InChI is InChI=1S/C11H11ClN2O2S/c1-6-5-13-11(17-6)7(2)14-10(15)8-3-4-9(12)16-8/h3-5,7H,1-2H3,(H,14,15). The van der Waals surface area contributed by atoms with Gasteiger partial charge in [0.2, 0.25) is 0 Å². The van der Waals surface area contributed by atoms with Gasteiger partial charge in [0.1, 0.15) is 5.01 Å². The lowest BCUT2D eigenvalue weighted by atomic mass is 10.3. The highest BCUT2D eigenvalue weighted by molar-refractivity contribution is 7.11. The number of carbonyl (C=O) groups is 1. The first-order valence-electron chi connectivity index (χ1n) is 5.05. The summed E-state index contributed by atoms with van der Waals surface area (Å²) in [6.07, 6.45) is 1.78. The normalized spacial score (nSPS) is 12.4. The summed E-state index contributed by atoms with van der Waals surface area (Å²) >= 11 is 7.16. The van der Waals surface area contributed by atoms with E-state index in [0.717, 1.165) is 9.88 Å². The first-order chi connectivity index (χ1) is 8.06. The van der Waals surface area contributed by atoms with E-state index in [1.165, 1.54) is 12.1 Å². The van der Waals surface area contributed by atoms with Crippen LogP contribution in [-0.2, 0) is 0 Å². The highest BCUT2D eigenvalue weighted by Gasteiger charge is 2.16. The Hall–Kier alpha value is -1.33. The van der Waals surface area contributed by atoms with E-state index in [1.807, 2.05) is 13.8 Å². The molecule has 2 rings (SSSR count). The molecule has 0 saturated carbocycles. The Balaban J connectivity index is 2.04. The van der Waals surface area contributed by atoms with E-state index in [9.17, 15) is 4.79 Å². The number of amides is 1. The third-order valence-electron chi connectivity index (χ3n) is 2.15. The van der Waals surface area contributed by atoms with Crippen LogP contribution < -0.4 is 5.32 Å².